The standard InChI is InChI=1S/C18H17N3O2Se/c1-18(2,21(22)23)15(13-9-5-3-6-10-13)17-16(19-20-24-17)14-11-7-4-8-12-14/h3-12,15H,1-2H3. The summed E-state index contributed by atoms with van der Waals surface area (Å²) >= 11 is -0.237. The van der Waals surface area contributed by atoms with Gasteiger partial charge in [-0.2, -0.15) is 0 Å². The molecule has 0 N–H and O–H groups in total. The van der Waals surface area contributed by atoms with Crippen LogP contribution >= 0.6 is 0 Å². The van der Waals surface area contributed by atoms with Crippen molar-refractivity contribution in [1.29, 1.82) is 0 Å². The van der Waals surface area contributed by atoms with Crippen molar-refractivity contribution < 1.29 is 4.92 Å². The van der Waals surface area contributed by atoms with Crippen molar-refractivity contribution in [1.82, 2.24) is 9.19 Å². The van der Waals surface area contributed by atoms with E-state index in [0.717, 1.165) is 21.3 Å². The molecule has 0 saturated carbocycles. The molecule has 5 nitrogen and oxygen atoms in total. The third-order valence-electron chi connectivity index (χ3n) is 4.13. The molecule has 0 bridgehead atoms. The second-order valence-electron chi connectivity index (χ2n) is 6.11. The van der Waals surface area contributed by atoms with Gasteiger partial charge in [-0.3, -0.25) is 0 Å². The summed E-state index contributed by atoms with van der Waals surface area (Å²) in [6, 6.07) is 19.4. The Morgan fingerprint density at radius 2 is 1.62 bits per heavy atom. The van der Waals surface area contributed by atoms with Gasteiger partial charge in [-0.1, -0.05) is 0 Å². The summed E-state index contributed by atoms with van der Waals surface area (Å²) in [5.74, 6) is -0.362. The fraction of sp³-hybridized carbons (Fsp3) is 0.222. The maximum atomic E-state index is 11.8. The topological polar surface area (TPSA) is 68.9 Å². The second kappa shape index (κ2) is 6.67. The minimum atomic E-state index is -1.14. The molecule has 24 heavy (non-hydrogen) atoms. The maximum absolute atomic E-state index is 11.8. The number of hydrogen-bond donors (Lipinski definition) is 0. The van der Waals surface area contributed by atoms with Gasteiger partial charge in [0.1, 0.15) is 0 Å². The predicted molar refractivity (Wildman–Crippen MR) is 93.8 cm³/mol. The molecule has 0 fully saturated rings. The monoisotopic (exact) mass is 387 g/mol. The Balaban J connectivity index is 2.19. The van der Waals surface area contributed by atoms with E-state index < -0.39 is 5.54 Å². The molecular formula is C18H17N3O2Se. The van der Waals surface area contributed by atoms with E-state index in [9.17, 15) is 10.1 Å². The first kappa shape index (κ1) is 16.6. The molecule has 0 radical (unpaired) electrons. The van der Waals surface area contributed by atoms with Gasteiger partial charge >= 0.3 is 146 Å². The van der Waals surface area contributed by atoms with Gasteiger partial charge in [0.05, 0.1) is 0 Å². The molecule has 2 aromatic carbocycles. The molecule has 3 rings (SSSR count). The fourth-order valence-electron chi connectivity index (χ4n) is 2.81. The molecule has 0 spiro atoms. The van der Waals surface area contributed by atoms with Crippen molar-refractivity contribution >= 4 is 14.7 Å². The average molecular weight is 386 g/mol. The van der Waals surface area contributed by atoms with E-state index in [0.29, 0.717) is 0 Å². The summed E-state index contributed by atoms with van der Waals surface area (Å²) in [5.41, 5.74) is 1.51. The molecule has 0 aliphatic heterocycles. The predicted octanol–water partition coefficient (Wildman–Crippen LogP) is 3.39. The number of rotatable bonds is 5. The number of nitro groups is 1. The second-order valence-corrected chi connectivity index (χ2v) is 7.75. The molecule has 0 amide bonds. The van der Waals surface area contributed by atoms with Gasteiger partial charge < -0.3 is 0 Å². The molecule has 1 heterocycles. The van der Waals surface area contributed by atoms with Crippen molar-refractivity contribution in [3.63, 3.8) is 0 Å². The Kier molecular flexibility index (Phi) is 4.60. The summed E-state index contributed by atoms with van der Waals surface area (Å²) in [6.45, 7) is 3.35. The van der Waals surface area contributed by atoms with E-state index >= 15 is 0 Å². The van der Waals surface area contributed by atoms with E-state index in [-0.39, 0.29) is 25.6 Å². The van der Waals surface area contributed by atoms with E-state index in [1.807, 2.05) is 60.7 Å². The third kappa shape index (κ3) is 3.03. The summed E-state index contributed by atoms with van der Waals surface area (Å²) in [6.07, 6.45) is 0. The van der Waals surface area contributed by atoms with E-state index in [1.165, 1.54) is 0 Å². The zero-order valence-electron chi connectivity index (χ0n) is 13.4. The zero-order chi connectivity index (χ0) is 17.2. The van der Waals surface area contributed by atoms with Gasteiger partial charge in [-0.25, -0.2) is 0 Å². The van der Waals surface area contributed by atoms with Crippen LogP contribution in [0.25, 0.3) is 11.3 Å². The quantitative estimate of drug-likeness (QED) is 0.383. The normalized spacial score (nSPS) is 12.8. The van der Waals surface area contributed by atoms with Crippen LogP contribution in [0.2, 0.25) is 0 Å². The molecule has 1 aromatic heterocycles. The van der Waals surface area contributed by atoms with Gasteiger partial charge in [-0.15, -0.1) is 0 Å². The zero-order valence-corrected chi connectivity index (χ0v) is 15.1. The van der Waals surface area contributed by atoms with Gasteiger partial charge in [0.2, 0.25) is 0 Å². The Labute approximate surface area is 146 Å². The van der Waals surface area contributed by atoms with Crippen molar-refractivity contribution in [2.24, 2.45) is 0 Å². The van der Waals surface area contributed by atoms with E-state index in [2.05, 4.69) is 9.19 Å². The number of hydrogen-bond acceptors (Lipinski definition) is 4. The van der Waals surface area contributed by atoms with Crippen LogP contribution in [0.1, 0.15) is 29.8 Å². The first-order valence-corrected chi connectivity index (χ1v) is 9.21. The molecular weight excluding hydrogens is 369 g/mol. The van der Waals surface area contributed by atoms with Crippen LogP contribution < -0.4 is 0 Å². The van der Waals surface area contributed by atoms with Crippen molar-refractivity contribution in [2.45, 2.75) is 25.3 Å². The molecule has 122 valence electrons. The van der Waals surface area contributed by atoms with Crippen LogP contribution in [0, 0.1) is 10.1 Å². The average Bonchev–Trinajstić information content (AvgIpc) is 3.05. The molecule has 0 saturated heterocycles. The van der Waals surface area contributed by atoms with Crippen LogP contribution in [-0.4, -0.2) is 34.4 Å². The van der Waals surface area contributed by atoms with Crippen LogP contribution in [0.15, 0.2) is 60.7 Å². The number of aromatic nitrogens is 2. The van der Waals surface area contributed by atoms with Crippen LogP contribution in [0.4, 0.5) is 0 Å². The Morgan fingerprint density at radius 1 is 1.04 bits per heavy atom. The molecule has 1 atom stereocenters. The molecule has 3 aromatic rings. The van der Waals surface area contributed by atoms with Crippen molar-refractivity contribution in [3.8, 4) is 11.3 Å². The van der Waals surface area contributed by atoms with Gasteiger partial charge in [-0.05, 0) is 0 Å². The van der Waals surface area contributed by atoms with Crippen LogP contribution in [0.5, 0.6) is 0 Å². The first-order valence-electron chi connectivity index (χ1n) is 7.59. The number of benzene rings is 2. The molecule has 1 unspecified atom stereocenters. The van der Waals surface area contributed by atoms with Crippen molar-refractivity contribution in [2.75, 3.05) is 0 Å². The first-order chi connectivity index (χ1) is 11.5. The molecule has 0 aliphatic carbocycles. The molecule has 0 aliphatic rings. The van der Waals surface area contributed by atoms with E-state index in [4.69, 9.17) is 0 Å². The summed E-state index contributed by atoms with van der Waals surface area (Å²) in [4.78, 5) is 11.6. The Hall–Kier alpha value is -2.30. The minimum absolute atomic E-state index is 0.200. The fourth-order valence-corrected chi connectivity index (χ4v) is 4.88. The summed E-state index contributed by atoms with van der Waals surface area (Å²) < 4.78 is 5.19. The third-order valence-corrected chi connectivity index (χ3v) is 5.79. The number of nitrogens with zero attached hydrogens (tertiary/aromatic N) is 3. The van der Waals surface area contributed by atoms with Crippen molar-refractivity contribution in [3.05, 3.63) is 80.8 Å². The Morgan fingerprint density at radius 3 is 2.21 bits per heavy atom. The Bertz CT molecular complexity index is 832. The summed E-state index contributed by atoms with van der Waals surface area (Å²) in [5, 5.41) is 16.1. The molecule has 6 heteroatoms. The SMILES string of the molecule is CC(C)(C(c1ccccc1)c1[se]nnc1-c1ccccc1)[N+](=O)[O-]. The summed E-state index contributed by atoms with van der Waals surface area (Å²) in [7, 11) is 0. The van der Waals surface area contributed by atoms with E-state index in [1.54, 1.807) is 13.8 Å². The van der Waals surface area contributed by atoms with Crippen LogP contribution in [0.3, 0.4) is 0 Å². The van der Waals surface area contributed by atoms with Gasteiger partial charge in [0.25, 0.3) is 0 Å². The van der Waals surface area contributed by atoms with Gasteiger partial charge in [0.15, 0.2) is 0 Å². The van der Waals surface area contributed by atoms with Gasteiger partial charge in [0, 0.05) is 0 Å². The van der Waals surface area contributed by atoms with Crippen LogP contribution in [-0.2, 0) is 0 Å².